The van der Waals surface area contributed by atoms with Crippen molar-refractivity contribution in [3.63, 3.8) is 0 Å². The van der Waals surface area contributed by atoms with E-state index in [0.717, 1.165) is 37.4 Å². The Labute approximate surface area is 298 Å². The van der Waals surface area contributed by atoms with Crippen LogP contribution in [0.2, 0.25) is 0 Å². The van der Waals surface area contributed by atoms with Gasteiger partial charge in [0.15, 0.2) is 0 Å². The lowest BCUT2D eigenvalue weighted by molar-refractivity contribution is -0.143. The SMILES string of the molecule is Nc1c(C(F)(F)F)cc(C[C@@H](CC(=O)N2CCC(N3CCc4ccccc4NC3=O)CC2)C(=O)N2CCC(N3CCNCC3)CC2)cc1C(F)(F)F. The molecule has 52 heavy (non-hydrogen) atoms. The number of nitrogen functional groups attached to an aromatic ring is 1. The number of nitrogens with zero attached hydrogens (tertiary/aromatic N) is 4. The number of para-hydroxylation sites is 1. The molecular formula is C36H45F6N7O3. The number of benzene rings is 2. The molecule has 0 saturated carbocycles. The van der Waals surface area contributed by atoms with Crippen LogP contribution in [0.4, 0.5) is 42.5 Å². The highest BCUT2D eigenvalue weighted by Gasteiger charge is 2.42. The largest absolute Gasteiger partial charge is 0.418 e. The van der Waals surface area contributed by atoms with E-state index in [1.807, 2.05) is 24.3 Å². The van der Waals surface area contributed by atoms with Crippen LogP contribution < -0.4 is 16.4 Å². The molecule has 0 aliphatic carbocycles. The Morgan fingerprint density at radius 2 is 1.38 bits per heavy atom. The van der Waals surface area contributed by atoms with Crippen LogP contribution in [-0.2, 0) is 34.8 Å². The first-order valence-corrected chi connectivity index (χ1v) is 17.9. The molecule has 0 radical (unpaired) electrons. The summed E-state index contributed by atoms with van der Waals surface area (Å²) in [5.74, 6) is -2.08. The summed E-state index contributed by atoms with van der Waals surface area (Å²) in [5.41, 5.74) is 2.11. The molecule has 4 N–H and O–H groups in total. The first-order valence-electron chi connectivity index (χ1n) is 17.9. The number of alkyl halides is 6. The standard InChI is InChI=1S/C36H45F6N7O3/c37-35(38,39)28-20-23(21-29(32(28)43)36(40,41)42)19-25(33(51)48-14-6-26(7-15-48)46-17-10-44-11-18-46)22-31(50)47-12-8-27(9-13-47)49-16-5-24-3-1-2-4-30(24)45-34(49)52/h1-4,20-21,25-27,44H,5-19,22,43H2,(H,45,52)/t25-/m0/s1. The number of carbonyl (C=O) groups excluding carboxylic acids is 3. The van der Waals surface area contributed by atoms with Crippen LogP contribution in [0.5, 0.6) is 0 Å². The number of nitrogens with one attached hydrogen (secondary N) is 2. The highest BCUT2D eigenvalue weighted by Crippen LogP contribution is 2.42. The van der Waals surface area contributed by atoms with Gasteiger partial charge < -0.3 is 31.1 Å². The summed E-state index contributed by atoms with van der Waals surface area (Å²) in [5, 5.41) is 6.27. The van der Waals surface area contributed by atoms with Gasteiger partial charge in [0.05, 0.1) is 22.7 Å². The molecule has 0 bridgehead atoms. The first-order chi connectivity index (χ1) is 24.7. The van der Waals surface area contributed by atoms with Gasteiger partial charge in [0.2, 0.25) is 11.8 Å². The number of hydrogen-bond acceptors (Lipinski definition) is 6. The average Bonchev–Trinajstić information content (AvgIpc) is 3.29. The van der Waals surface area contributed by atoms with Gasteiger partial charge in [0, 0.05) is 83.1 Å². The minimum Gasteiger partial charge on any atom is -0.398 e. The highest BCUT2D eigenvalue weighted by atomic mass is 19.4. The van der Waals surface area contributed by atoms with Crippen molar-refractivity contribution in [2.45, 2.75) is 69.4 Å². The Morgan fingerprint density at radius 1 is 0.808 bits per heavy atom. The molecule has 0 aromatic heterocycles. The molecule has 6 rings (SSSR count). The summed E-state index contributed by atoms with van der Waals surface area (Å²) in [7, 11) is 0. The maximum Gasteiger partial charge on any atom is 0.418 e. The van der Waals surface area contributed by atoms with Crippen molar-refractivity contribution in [3.05, 3.63) is 58.7 Å². The molecule has 3 fully saturated rings. The van der Waals surface area contributed by atoms with Crippen molar-refractivity contribution in [3.8, 4) is 0 Å². The zero-order valence-corrected chi connectivity index (χ0v) is 28.9. The lowest BCUT2D eigenvalue weighted by atomic mass is 9.90. The van der Waals surface area contributed by atoms with E-state index < -0.39 is 53.3 Å². The second kappa shape index (κ2) is 15.5. The van der Waals surface area contributed by atoms with E-state index in [4.69, 9.17) is 5.73 Å². The average molecular weight is 738 g/mol. The number of fused-ring (bicyclic) bond motifs is 1. The quantitative estimate of drug-likeness (QED) is 0.277. The fourth-order valence-corrected chi connectivity index (χ4v) is 8.09. The van der Waals surface area contributed by atoms with E-state index in [2.05, 4.69) is 15.5 Å². The van der Waals surface area contributed by atoms with E-state index in [1.165, 1.54) is 0 Å². The number of rotatable bonds is 7. The van der Waals surface area contributed by atoms with E-state index in [9.17, 15) is 40.7 Å². The van der Waals surface area contributed by atoms with Gasteiger partial charge in [0.25, 0.3) is 0 Å². The Hall–Kier alpha value is -4.05. The zero-order chi connectivity index (χ0) is 37.2. The predicted octanol–water partition coefficient (Wildman–Crippen LogP) is 4.83. The van der Waals surface area contributed by atoms with Gasteiger partial charge in [-0.2, -0.15) is 26.3 Å². The Bertz CT molecular complexity index is 1580. The number of piperazine rings is 1. The Morgan fingerprint density at radius 3 is 2.00 bits per heavy atom. The maximum atomic E-state index is 14.1. The zero-order valence-electron chi connectivity index (χ0n) is 28.9. The van der Waals surface area contributed by atoms with Gasteiger partial charge in [-0.25, -0.2) is 4.79 Å². The van der Waals surface area contributed by atoms with Crippen LogP contribution in [0.25, 0.3) is 0 Å². The molecule has 3 saturated heterocycles. The third-order valence-electron chi connectivity index (χ3n) is 10.9. The summed E-state index contributed by atoms with van der Waals surface area (Å²) in [6, 6.07) is 8.59. The van der Waals surface area contributed by atoms with Gasteiger partial charge >= 0.3 is 18.4 Å². The third-order valence-corrected chi connectivity index (χ3v) is 10.9. The molecule has 0 unspecified atom stereocenters. The highest BCUT2D eigenvalue weighted by molar-refractivity contribution is 5.91. The summed E-state index contributed by atoms with van der Waals surface area (Å²) < 4.78 is 83.3. The number of anilines is 2. The number of hydrogen-bond donors (Lipinski definition) is 3. The van der Waals surface area contributed by atoms with Crippen molar-refractivity contribution in [1.29, 1.82) is 0 Å². The number of urea groups is 1. The molecule has 10 nitrogen and oxygen atoms in total. The normalized spacial score (nSPS) is 20.7. The van der Waals surface area contributed by atoms with Gasteiger partial charge in [0.1, 0.15) is 0 Å². The minimum atomic E-state index is -5.17. The Balaban J connectivity index is 1.17. The van der Waals surface area contributed by atoms with Gasteiger partial charge in [-0.05, 0) is 67.9 Å². The van der Waals surface area contributed by atoms with Gasteiger partial charge in [-0.3, -0.25) is 14.5 Å². The van der Waals surface area contributed by atoms with Crippen LogP contribution in [0.1, 0.15) is 54.4 Å². The molecule has 4 aliphatic rings. The van der Waals surface area contributed by atoms with Crippen LogP contribution >= 0.6 is 0 Å². The van der Waals surface area contributed by atoms with Crippen LogP contribution in [0.3, 0.4) is 0 Å². The fourth-order valence-electron chi connectivity index (χ4n) is 8.09. The molecule has 1 atom stereocenters. The van der Waals surface area contributed by atoms with Crippen molar-refractivity contribution < 1.29 is 40.7 Å². The molecule has 4 aliphatic heterocycles. The number of likely N-dealkylation sites (tertiary alicyclic amines) is 2. The Kier molecular flexibility index (Phi) is 11.2. The minimum absolute atomic E-state index is 0.135. The smallest absolute Gasteiger partial charge is 0.398 e. The molecule has 4 amide bonds. The van der Waals surface area contributed by atoms with Crippen molar-refractivity contribution >= 4 is 29.2 Å². The lowest BCUT2D eigenvalue weighted by Crippen LogP contribution is -2.53. The summed E-state index contributed by atoms with van der Waals surface area (Å²) in [6.07, 6.45) is -8.24. The molecule has 0 spiro atoms. The first kappa shape index (κ1) is 37.7. The van der Waals surface area contributed by atoms with Crippen LogP contribution in [-0.4, -0.2) is 108 Å². The van der Waals surface area contributed by atoms with E-state index >= 15 is 0 Å². The van der Waals surface area contributed by atoms with Crippen molar-refractivity contribution in [2.75, 3.05) is 70.0 Å². The van der Waals surface area contributed by atoms with Crippen LogP contribution in [0, 0.1) is 5.92 Å². The number of carbonyl (C=O) groups is 3. The van der Waals surface area contributed by atoms with E-state index in [-0.39, 0.29) is 43.2 Å². The van der Waals surface area contributed by atoms with E-state index in [0.29, 0.717) is 63.9 Å². The summed E-state index contributed by atoms with van der Waals surface area (Å²) in [4.78, 5) is 48.2. The second-order valence-electron chi connectivity index (χ2n) is 14.2. The maximum absolute atomic E-state index is 14.1. The fraction of sp³-hybridized carbons (Fsp3) is 0.583. The van der Waals surface area contributed by atoms with E-state index in [1.54, 1.807) is 14.7 Å². The molecule has 284 valence electrons. The van der Waals surface area contributed by atoms with Gasteiger partial charge in [-0.1, -0.05) is 18.2 Å². The topological polar surface area (TPSA) is 114 Å². The predicted molar refractivity (Wildman–Crippen MR) is 182 cm³/mol. The molecule has 2 aromatic carbocycles. The van der Waals surface area contributed by atoms with Gasteiger partial charge in [-0.15, -0.1) is 0 Å². The lowest BCUT2D eigenvalue weighted by Gasteiger charge is -2.41. The van der Waals surface area contributed by atoms with Crippen LogP contribution in [0.15, 0.2) is 36.4 Å². The third kappa shape index (κ3) is 8.59. The molecular weight excluding hydrogens is 692 g/mol. The molecule has 2 aromatic rings. The summed E-state index contributed by atoms with van der Waals surface area (Å²) in [6.45, 7) is 5.30. The molecule has 16 heteroatoms. The van der Waals surface area contributed by atoms with Crippen molar-refractivity contribution in [2.24, 2.45) is 5.92 Å². The number of amides is 4. The molecule has 4 heterocycles. The number of nitrogens with two attached hydrogens (primary N) is 1. The van der Waals surface area contributed by atoms with Crippen molar-refractivity contribution in [1.82, 2.24) is 24.9 Å². The second-order valence-corrected chi connectivity index (χ2v) is 14.2. The monoisotopic (exact) mass is 737 g/mol. The summed E-state index contributed by atoms with van der Waals surface area (Å²) >= 11 is 0. The number of halogens is 6. The number of piperidine rings is 2.